The van der Waals surface area contributed by atoms with E-state index in [2.05, 4.69) is 52.0 Å². The minimum absolute atomic E-state index is 1.18. The minimum Gasteiger partial charge on any atom is -0.145 e. The van der Waals surface area contributed by atoms with Gasteiger partial charge in [-0.05, 0) is 28.9 Å². The second kappa shape index (κ2) is 4.95. The van der Waals surface area contributed by atoms with Crippen molar-refractivity contribution in [2.24, 2.45) is 0 Å². The third kappa shape index (κ3) is 2.21. The molecule has 0 amide bonds. The van der Waals surface area contributed by atoms with Crippen LogP contribution in [0.15, 0.2) is 24.3 Å². The Hall–Kier alpha value is -0.603. The van der Waals surface area contributed by atoms with Crippen LogP contribution in [0, 0.1) is 6.92 Å². The van der Waals surface area contributed by atoms with Crippen LogP contribution in [-0.2, 0) is 0 Å². The first-order valence-corrected chi connectivity index (χ1v) is 10.1. The number of hydrogen-bond donors (Lipinski definition) is 0. The molecule has 0 bridgehead atoms. The first-order chi connectivity index (χ1) is 8.15. The van der Waals surface area contributed by atoms with E-state index in [-0.39, 0.29) is 0 Å². The average Bonchev–Trinajstić information content (AvgIpc) is 2.75. The van der Waals surface area contributed by atoms with Crippen LogP contribution in [-0.4, -0.2) is 8.07 Å². The van der Waals surface area contributed by atoms with Crippen LogP contribution in [0.3, 0.4) is 0 Å². The summed E-state index contributed by atoms with van der Waals surface area (Å²) >= 11 is 2.05. The predicted molar refractivity (Wildman–Crippen MR) is 83.4 cm³/mol. The summed E-state index contributed by atoms with van der Waals surface area (Å²) in [4.78, 5) is 0. The standard InChI is InChI=1S/C15H22SSi/c1-5-17(6-2,7-3)15-11-13-10-12(4)8-9-14(13)16-15/h8-11H,5-7H2,1-4H3. The minimum atomic E-state index is -1.18. The molecule has 1 aromatic heterocycles. The molecule has 0 radical (unpaired) electrons. The number of fused-ring (bicyclic) bond motifs is 1. The van der Waals surface area contributed by atoms with Gasteiger partial charge in [-0.2, -0.15) is 0 Å². The molecule has 2 rings (SSSR count). The molecule has 0 aliphatic carbocycles. The molecule has 17 heavy (non-hydrogen) atoms. The number of benzene rings is 1. The van der Waals surface area contributed by atoms with Gasteiger partial charge in [0.2, 0.25) is 0 Å². The third-order valence-corrected chi connectivity index (χ3v) is 12.0. The summed E-state index contributed by atoms with van der Waals surface area (Å²) in [6.07, 6.45) is 0. The maximum atomic E-state index is 2.48. The topological polar surface area (TPSA) is 0 Å². The van der Waals surface area contributed by atoms with E-state index in [4.69, 9.17) is 0 Å². The Morgan fingerprint density at radius 1 is 1.00 bits per heavy atom. The number of thiophene rings is 1. The summed E-state index contributed by atoms with van der Waals surface area (Å²) in [7, 11) is -1.18. The van der Waals surface area contributed by atoms with Crippen LogP contribution >= 0.6 is 11.3 Å². The first kappa shape index (κ1) is 12.8. The van der Waals surface area contributed by atoms with E-state index < -0.39 is 8.07 Å². The molecule has 1 heterocycles. The van der Waals surface area contributed by atoms with E-state index in [0.29, 0.717) is 0 Å². The van der Waals surface area contributed by atoms with Crippen molar-refractivity contribution < 1.29 is 0 Å². The fraction of sp³-hybridized carbons (Fsp3) is 0.467. The van der Waals surface area contributed by atoms with Crippen LogP contribution in [0.1, 0.15) is 26.3 Å². The summed E-state index contributed by atoms with van der Waals surface area (Å²) in [6.45, 7) is 9.33. The van der Waals surface area contributed by atoms with E-state index >= 15 is 0 Å². The van der Waals surface area contributed by atoms with Crippen molar-refractivity contribution >= 4 is 34.0 Å². The Bertz CT molecular complexity index is 500. The molecule has 0 atom stereocenters. The molecule has 0 aliphatic heterocycles. The summed E-state index contributed by atoms with van der Waals surface area (Å²) < 4.78 is 3.18. The summed E-state index contributed by atoms with van der Waals surface area (Å²) in [5, 5.41) is 1.46. The van der Waals surface area contributed by atoms with Crippen LogP contribution in [0.2, 0.25) is 18.1 Å². The van der Waals surface area contributed by atoms with E-state index in [1.807, 2.05) is 11.3 Å². The molecule has 0 spiro atoms. The molecule has 0 saturated heterocycles. The van der Waals surface area contributed by atoms with Gasteiger partial charge in [0.1, 0.15) is 0 Å². The smallest absolute Gasteiger partial charge is 0.0987 e. The highest BCUT2D eigenvalue weighted by molar-refractivity contribution is 7.31. The Labute approximate surface area is 110 Å². The average molecular weight is 262 g/mol. The molecule has 0 nitrogen and oxygen atoms in total. The van der Waals surface area contributed by atoms with Crippen LogP contribution in [0.4, 0.5) is 0 Å². The highest BCUT2D eigenvalue weighted by Gasteiger charge is 2.30. The summed E-state index contributed by atoms with van der Waals surface area (Å²) in [5.74, 6) is 0. The van der Waals surface area contributed by atoms with Gasteiger partial charge in [-0.3, -0.25) is 0 Å². The van der Waals surface area contributed by atoms with Crippen molar-refractivity contribution in [1.29, 1.82) is 0 Å². The van der Waals surface area contributed by atoms with Gasteiger partial charge in [0, 0.05) is 4.70 Å². The van der Waals surface area contributed by atoms with Gasteiger partial charge < -0.3 is 0 Å². The van der Waals surface area contributed by atoms with Crippen molar-refractivity contribution in [3.63, 3.8) is 0 Å². The quantitative estimate of drug-likeness (QED) is 0.686. The molecule has 0 saturated carbocycles. The Balaban J connectivity index is 2.55. The molecular weight excluding hydrogens is 240 g/mol. The third-order valence-electron chi connectivity index (χ3n) is 4.22. The second-order valence-corrected chi connectivity index (χ2v) is 11.7. The molecule has 2 aromatic rings. The zero-order valence-corrected chi connectivity index (χ0v) is 13.2. The lowest BCUT2D eigenvalue weighted by Gasteiger charge is -2.26. The van der Waals surface area contributed by atoms with Crippen molar-refractivity contribution in [3.05, 3.63) is 29.8 Å². The normalized spacial score (nSPS) is 12.2. The van der Waals surface area contributed by atoms with Crippen molar-refractivity contribution in [2.75, 3.05) is 0 Å². The second-order valence-electron chi connectivity index (χ2n) is 4.99. The van der Waals surface area contributed by atoms with Gasteiger partial charge in [0.05, 0.1) is 8.07 Å². The first-order valence-electron chi connectivity index (χ1n) is 6.66. The van der Waals surface area contributed by atoms with Crippen LogP contribution < -0.4 is 4.50 Å². The molecule has 92 valence electrons. The van der Waals surface area contributed by atoms with Gasteiger partial charge >= 0.3 is 0 Å². The molecule has 1 aromatic carbocycles. The summed E-state index contributed by atoms with van der Waals surface area (Å²) in [5.41, 5.74) is 1.37. The summed E-state index contributed by atoms with van der Waals surface area (Å²) in [6, 6.07) is 13.5. The fourth-order valence-electron chi connectivity index (χ4n) is 2.70. The van der Waals surface area contributed by atoms with E-state index in [1.165, 1.54) is 33.8 Å². The van der Waals surface area contributed by atoms with Gasteiger partial charge in [0.25, 0.3) is 0 Å². The zero-order chi connectivity index (χ0) is 12.5. The number of aryl methyl sites for hydroxylation is 1. The largest absolute Gasteiger partial charge is 0.145 e. The fourth-order valence-corrected chi connectivity index (χ4v) is 8.99. The van der Waals surface area contributed by atoms with Crippen LogP contribution in [0.25, 0.3) is 10.1 Å². The highest BCUT2D eigenvalue weighted by atomic mass is 32.1. The molecule has 0 N–H and O–H groups in total. The Morgan fingerprint density at radius 2 is 1.65 bits per heavy atom. The maximum Gasteiger partial charge on any atom is 0.0987 e. The monoisotopic (exact) mass is 262 g/mol. The Morgan fingerprint density at radius 3 is 2.24 bits per heavy atom. The molecular formula is C15H22SSi. The molecule has 2 heteroatoms. The van der Waals surface area contributed by atoms with Gasteiger partial charge in [-0.1, -0.05) is 56.6 Å². The van der Waals surface area contributed by atoms with E-state index in [9.17, 15) is 0 Å². The van der Waals surface area contributed by atoms with Gasteiger partial charge in [-0.15, -0.1) is 11.3 Å². The predicted octanol–water partition coefficient (Wildman–Crippen LogP) is 4.93. The SMILES string of the molecule is CC[Si](CC)(CC)c1cc2cc(C)ccc2s1. The van der Waals surface area contributed by atoms with E-state index in [0.717, 1.165) is 0 Å². The van der Waals surface area contributed by atoms with Crippen molar-refractivity contribution in [3.8, 4) is 0 Å². The Kier molecular flexibility index (Phi) is 3.74. The zero-order valence-electron chi connectivity index (χ0n) is 11.3. The lowest BCUT2D eigenvalue weighted by Crippen LogP contribution is -2.43. The number of rotatable bonds is 4. The van der Waals surface area contributed by atoms with Crippen LogP contribution in [0.5, 0.6) is 0 Å². The lowest BCUT2D eigenvalue weighted by molar-refractivity contribution is 1.20. The molecule has 0 fully saturated rings. The van der Waals surface area contributed by atoms with Crippen molar-refractivity contribution in [1.82, 2.24) is 0 Å². The van der Waals surface area contributed by atoms with Gasteiger partial charge in [-0.25, -0.2) is 0 Å². The highest BCUT2D eigenvalue weighted by Crippen LogP contribution is 2.28. The van der Waals surface area contributed by atoms with Gasteiger partial charge in [0.15, 0.2) is 0 Å². The molecule has 0 unspecified atom stereocenters. The number of hydrogen-bond acceptors (Lipinski definition) is 1. The lowest BCUT2D eigenvalue weighted by atomic mass is 10.2. The maximum absolute atomic E-state index is 2.48. The van der Waals surface area contributed by atoms with E-state index in [1.54, 1.807) is 4.50 Å². The van der Waals surface area contributed by atoms with Crippen molar-refractivity contribution in [2.45, 2.75) is 45.8 Å². The molecule has 0 aliphatic rings.